The summed E-state index contributed by atoms with van der Waals surface area (Å²) in [5.41, 5.74) is 5.20. The highest BCUT2D eigenvalue weighted by Crippen LogP contribution is 2.20. The molecule has 1 N–H and O–H groups in total. The van der Waals surface area contributed by atoms with Gasteiger partial charge in [0.25, 0.3) is 0 Å². The van der Waals surface area contributed by atoms with Gasteiger partial charge in [-0.3, -0.25) is 4.79 Å². The summed E-state index contributed by atoms with van der Waals surface area (Å²) >= 11 is 0. The number of esters is 1. The van der Waals surface area contributed by atoms with Crippen molar-refractivity contribution in [3.05, 3.63) is 59.1 Å². The third-order valence-corrected chi connectivity index (χ3v) is 5.62. The summed E-state index contributed by atoms with van der Waals surface area (Å²) in [4.78, 5) is 11.8. The van der Waals surface area contributed by atoms with Gasteiger partial charge in [-0.15, -0.1) is 0 Å². The largest absolute Gasteiger partial charge is 0.472 e. The van der Waals surface area contributed by atoms with E-state index in [1.165, 1.54) is 16.7 Å². The molecule has 0 spiro atoms. The van der Waals surface area contributed by atoms with Crippen molar-refractivity contribution in [1.82, 2.24) is 0 Å². The molecular formula is C25H36O4. The van der Waals surface area contributed by atoms with Crippen LogP contribution in [0.4, 0.5) is 0 Å². The molecule has 0 aliphatic carbocycles. The molecule has 1 aromatic heterocycles. The van der Waals surface area contributed by atoms with E-state index in [2.05, 4.69) is 32.1 Å². The molecule has 0 bridgehead atoms. The summed E-state index contributed by atoms with van der Waals surface area (Å²) in [6.45, 7) is 6.47. The van der Waals surface area contributed by atoms with Gasteiger partial charge < -0.3 is 14.3 Å². The maximum Gasteiger partial charge on any atom is 0.311 e. The Morgan fingerprint density at radius 3 is 2.62 bits per heavy atom. The minimum atomic E-state index is -0.608. The number of rotatable bonds is 9. The standard InChI is InChI=1S/C25H36O4/c1-19(7-4-8-20(2)10-6-12-23-15-16-28-17-23)9-5-11-22-13-14-24(26)21(3)25(27)29-18-22/h7,10-11,15-17,21,24,26H,4-6,8-9,12-14,18H2,1-3H3/b19-7+,20-10+,22-11?/t21-,24-/m1/s1. The van der Waals surface area contributed by atoms with Crippen LogP contribution in [0.15, 0.2) is 58.0 Å². The van der Waals surface area contributed by atoms with Crippen LogP contribution in [-0.4, -0.2) is 23.8 Å². The van der Waals surface area contributed by atoms with Crippen molar-refractivity contribution in [2.24, 2.45) is 5.92 Å². The van der Waals surface area contributed by atoms with Crippen LogP contribution in [0.1, 0.15) is 71.3 Å². The summed E-state index contributed by atoms with van der Waals surface area (Å²) in [6, 6.07) is 2.02. The van der Waals surface area contributed by atoms with Gasteiger partial charge in [0.1, 0.15) is 6.61 Å². The van der Waals surface area contributed by atoms with Crippen LogP contribution in [-0.2, 0) is 16.0 Å². The average Bonchev–Trinajstić information content (AvgIpc) is 3.21. The summed E-state index contributed by atoms with van der Waals surface area (Å²) in [5.74, 6) is -0.725. The van der Waals surface area contributed by atoms with E-state index in [4.69, 9.17) is 9.15 Å². The van der Waals surface area contributed by atoms with Crippen molar-refractivity contribution >= 4 is 5.97 Å². The van der Waals surface area contributed by atoms with Gasteiger partial charge in [-0.2, -0.15) is 0 Å². The molecule has 0 saturated carbocycles. The first-order valence-electron chi connectivity index (χ1n) is 10.8. The summed E-state index contributed by atoms with van der Waals surface area (Å²) in [5, 5.41) is 9.98. The molecule has 1 aliphatic rings. The van der Waals surface area contributed by atoms with E-state index in [9.17, 15) is 9.90 Å². The van der Waals surface area contributed by atoms with Crippen molar-refractivity contribution < 1.29 is 19.1 Å². The highest BCUT2D eigenvalue weighted by atomic mass is 16.5. The lowest BCUT2D eigenvalue weighted by atomic mass is 9.96. The zero-order chi connectivity index (χ0) is 21.1. The zero-order valence-electron chi connectivity index (χ0n) is 18.2. The number of carbonyl (C=O) groups excluding carboxylic acids is 1. The van der Waals surface area contributed by atoms with Crippen molar-refractivity contribution in [3.63, 3.8) is 0 Å². The van der Waals surface area contributed by atoms with E-state index in [1.54, 1.807) is 13.2 Å². The number of aryl methyl sites for hydroxylation is 1. The SMILES string of the molecule is C/C(=C\CC/C(C)=C/CCc1ccoc1)CCC=C1CC[C@@H](O)[C@@H](C)C(=O)OC1. The van der Waals surface area contributed by atoms with Crippen molar-refractivity contribution in [2.75, 3.05) is 6.61 Å². The molecule has 1 aromatic rings. The van der Waals surface area contributed by atoms with Crippen LogP contribution in [0.3, 0.4) is 0 Å². The average molecular weight is 401 g/mol. The smallest absolute Gasteiger partial charge is 0.311 e. The second kappa shape index (κ2) is 12.5. The molecule has 2 atom stereocenters. The van der Waals surface area contributed by atoms with Gasteiger partial charge >= 0.3 is 5.97 Å². The maximum absolute atomic E-state index is 11.8. The molecule has 160 valence electrons. The number of carbonyl (C=O) groups is 1. The van der Waals surface area contributed by atoms with Crippen LogP contribution in [0.2, 0.25) is 0 Å². The number of aliphatic hydroxyl groups is 1. The van der Waals surface area contributed by atoms with E-state index < -0.39 is 12.0 Å². The third kappa shape index (κ3) is 8.86. The molecule has 1 aliphatic heterocycles. The van der Waals surface area contributed by atoms with E-state index in [-0.39, 0.29) is 5.97 Å². The van der Waals surface area contributed by atoms with Gasteiger partial charge in [0.05, 0.1) is 24.5 Å². The quantitative estimate of drug-likeness (QED) is 0.412. The Kier molecular flexibility index (Phi) is 9.99. The first-order valence-corrected chi connectivity index (χ1v) is 10.8. The minimum Gasteiger partial charge on any atom is -0.472 e. The summed E-state index contributed by atoms with van der Waals surface area (Å²) in [7, 11) is 0. The number of furan rings is 1. The minimum absolute atomic E-state index is 0.299. The van der Waals surface area contributed by atoms with Crippen LogP contribution in [0, 0.1) is 5.92 Å². The second-order valence-electron chi connectivity index (χ2n) is 8.21. The van der Waals surface area contributed by atoms with E-state index in [0.29, 0.717) is 13.0 Å². The molecular weight excluding hydrogens is 364 g/mol. The van der Waals surface area contributed by atoms with Crippen molar-refractivity contribution in [1.29, 1.82) is 0 Å². The lowest BCUT2D eigenvalue weighted by molar-refractivity contribution is -0.151. The van der Waals surface area contributed by atoms with Gasteiger partial charge in [-0.25, -0.2) is 0 Å². The van der Waals surface area contributed by atoms with E-state index in [1.807, 2.05) is 12.3 Å². The summed E-state index contributed by atoms with van der Waals surface area (Å²) < 4.78 is 10.4. The Bertz CT molecular complexity index is 709. The lowest BCUT2D eigenvalue weighted by Gasteiger charge is -2.22. The number of allylic oxidation sites excluding steroid dienone is 5. The van der Waals surface area contributed by atoms with Crippen LogP contribution in [0.5, 0.6) is 0 Å². The fourth-order valence-electron chi connectivity index (χ4n) is 3.44. The monoisotopic (exact) mass is 400 g/mol. The number of hydrogen-bond acceptors (Lipinski definition) is 4. The van der Waals surface area contributed by atoms with Gasteiger partial charge in [0.15, 0.2) is 0 Å². The fraction of sp³-hybridized carbons (Fsp3) is 0.560. The molecule has 4 nitrogen and oxygen atoms in total. The van der Waals surface area contributed by atoms with Gasteiger partial charge in [-0.1, -0.05) is 29.4 Å². The Morgan fingerprint density at radius 1 is 1.17 bits per heavy atom. The van der Waals surface area contributed by atoms with E-state index in [0.717, 1.165) is 50.5 Å². The molecule has 1 fully saturated rings. The molecule has 0 amide bonds. The van der Waals surface area contributed by atoms with Gasteiger partial charge in [-0.05, 0) is 89.3 Å². The van der Waals surface area contributed by atoms with Gasteiger partial charge in [0, 0.05) is 0 Å². The molecule has 4 heteroatoms. The van der Waals surface area contributed by atoms with Crippen LogP contribution in [0.25, 0.3) is 0 Å². The van der Waals surface area contributed by atoms with Crippen molar-refractivity contribution in [2.45, 2.75) is 78.2 Å². The third-order valence-electron chi connectivity index (χ3n) is 5.62. The second-order valence-corrected chi connectivity index (χ2v) is 8.21. The number of cyclic esters (lactones) is 1. The van der Waals surface area contributed by atoms with Crippen molar-refractivity contribution in [3.8, 4) is 0 Å². The number of aliphatic hydroxyl groups excluding tert-OH is 1. The Hall–Kier alpha value is -2.07. The fourth-order valence-corrected chi connectivity index (χ4v) is 3.44. The molecule has 2 rings (SSSR count). The lowest BCUT2D eigenvalue weighted by Crippen LogP contribution is -2.30. The first-order chi connectivity index (χ1) is 14.0. The highest BCUT2D eigenvalue weighted by Gasteiger charge is 2.25. The Balaban J connectivity index is 1.67. The molecule has 0 radical (unpaired) electrons. The summed E-state index contributed by atoms with van der Waals surface area (Å²) in [6.07, 6.45) is 17.4. The molecule has 2 heterocycles. The molecule has 29 heavy (non-hydrogen) atoms. The predicted octanol–water partition coefficient (Wildman–Crippen LogP) is 5.93. The normalized spacial score (nSPS) is 23.0. The Labute approximate surface area is 175 Å². The topological polar surface area (TPSA) is 59.7 Å². The molecule has 0 unspecified atom stereocenters. The highest BCUT2D eigenvalue weighted by molar-refractivity contribution is 5.73. The van der Waals surface area contributed by atoms with E-state index >= 15 is 0 Å². The number of hydrogen-bond donors (Lipinski definition) is 1. The molecule has 1 saturated heterocycles. The first kappa shape index (κ1) is 23.2. The zero-order valence-corrected chi connectivity index (χ0v) is 18.2. The maximum atomic E-state index is 11.8. The Morgan fingerprint density at radius 2 is 1.90 bits per heavy atom. The predicted molar refractivity (Wildman–Crippen MR) is 116 cm³/mol. The van der Waals surface area contributed by atoms with Gasteiger partial charge in [0.2, 0.25) is 0 Å². The van der Waals surface area contributed by atoms with Crippen LogP contribution < -0.4 is 0 Å². The number of ether oxygens (including phenoxy) is 1. The molecule has 0 aromatic carbocycles. The van der Waals surface area contributed by atoms with Crippen LogP contribution >= 0.6 is 0 Å².